The number of benzene rings is 3. The maximum Gasteiger partial charge on any atom is 0.336 e. The first-order valence-corrected chi connectivity index (χ1v) is 12.2. The summed E-state index contributed by atoms with van der Waals surface area (Å²) in [5.74, 6) is -2.47. The van der Waals surface area contributed by atoms with E-state index in [-0.39, 0.29) is 38.9 Å². The number of carboxylic acid groups (broad SMARTS) is 1. The van der Waals surface area contributed by atoms with Crippen molar-refractivity contribution in [2.75, 3.05) is 4.90 Å². The zero-order valence-electron chi connectivity index (χ0n) is 19.6. The van der Waals surface area contributed by atoms with E-state index in [2.05, 4.69) is 5.16 Å². The summed E-state index contributed by atoms with van der Waals surface area (Å²) in [6.07, 6.45) is -0.470. The Morgan fingerprint density at radius 3 is 2.37 bits per heavy atom. The van der Waals surface area contributed by atoms with Crippen LogP contribution in [0.2, 0.25) is 5.02 Å². The normalized spacial score (nSPS) is 11.3. The third kappa shape index (κ3) is 5.72. The Balaban J connectivity index is 1.66. The molecule has 0 unspecified atom stereocenters. The second-order valence-corrected chi connectivity index (χ2v) is 10.1. The van der Waals surface area contributed by atoms with E-state index < -0.39 is 34.4 Å². The summed E-state index contributed by atoms with van der Waals surface area (Å²) in [5, 5.41) is 13.7. The van der Waals surface area contributed by atoms with E-state index >= 15 is 0 Å². The second-order valence-electron chi connectivity index (χ2n) is 8.22. The van der Waals surface area contributed by atoms with Crippen molar-refractivity contribution in [1.82, 2.24) is 5.16 Å². The Labute approximate surface area is 231 Å². The van der Waals surface area contributed by atoms with Gasteiger partial charge in [0.05, 0.1) is 17.0 Å². The highest BCUT2D eigenvalue weighted by Gasteiger charge is 2.38. The molecule has 0 fully saturated rings. The highest BCUT2D eigenvalue weighted by atomic mass is 35.5. The van der Waals surface area contributed by atoms with Crippen molar-refractivity contribution < 1.29 is 28.4 Å². The standard InChI is InChI=1S/C27H18Cl3FN2O5/c1-15(34)33(27(29,30)14-23(35)16-8-10-18(31)11-9-16)19-5-2-4-17(12-19)24-13-22(32-38-24)25-20(26(36)37)6-3-7-21(25)28/h2-13H,14H2,1H3,(H,36,37). The van der Waals surface area contributed by atoms with Crippen molar-refractivity contribution in [2.24, 2.45) is 0 Å². The van der Waals surface area contributed by atoms with Crippen molar-refractivity contribution in [1.29, 1.82) is 0 Å². The second kappa shape index (κ2) is 10.9. The van der Waals surface area contributed by atoms with Gasteiger partial charge in [-0.1, -0.05) is 58.2 Å². The number of ketones is 1. The Kier molecular flexibility index (Phi) is 7.87. The quantitative estimate of drug-likeness (QED) is 0.135. The minimum Gasteiger partial charge on any atom is -0.478 e. The third-order valence-electron chi connectivity index (χ3n) is 5.58. The number of nitrogens with zero attached hydrogens (tertiary/aromatic N) is 2. The number of hydrogen-bond donors (Lipinski definition) is 1. The van der Waals surface area contributed by atoms with E-state index in [4.69, 9.17) is 39.3 Å². The van der Waals surface area contributed by atoms with Gasteiger partial charge in [0.1, 0.15) is 11.5 Å². The molecule has 4 aromatic rings. The molecule has 0 bridgehead atoms. The molecule has 0 aliphatic heterocycles. The van der Waals surface area contributed by atoms with Crippen molar-refractivity contribution in [3.8, 4) is 22.6 Å². The molecule has 1 N–H and O–H groups in total. The van der Waals surface area contributed by atoms with Crippen LogP contribution in [0.15, 0.2) is 77.3 Å². The van der Waals surface area contributed by atoms with E-state index in [0.717, 1.165) is 17.0 Å². The van der Waals surface area contributed by atoms with E-state index in [1.165, 1.54) is 43.3 Å². The average molecular weight is 576 g/mol. The maximum absolute atomic E-state index is 13.2. The number of amides is 1. The molecular formula is C27H18Cl3FN2O5. The predicted molar refractivity (Wildman–Crippen MR) is 142 cm³/mol. The number of carbonyl (C=O) groups is 3. The largest absolute Gasteiger partial charge is 0.478 e. The van der Waals surface area contributed by atoms with E-state index in [1.54, 1.807) is 24.3 Å². The van der Waals surface area contributed by atoms with Crippen molar-refractivity contribution in [2.45, 2.75) is 17.8 Å². The van der Waals surface area contributed by atoms with Crippen LogP contribution >= 0.6 is 34.8 Å². The first-order chi connectivity index (χ1) is 18.0. The van der Waals surface area contributed by atoms with Crippen LogP contribution in [-0.2, 0) is 4.79 Å². The Bertz CT molecular complexity index is 1540. The number of carbonyl (C=O) groups excluding carboxylic acids is 2. The first kappa shape index (κ1) is 27.3. The van der Waals surface area contributed by atoms with Gasteiger partial charge in [-0.2, -0.15) is 0 Å². The molecule has 0 aliphatic rings. The van der Waals surface area contributed by atoms with Gasteiger partial charge in [-0.25, -0.2) is 9.18 Å². The van der Waals surface area contributed by atoms with Gasteiger partial charge in [0.2, 0.25) is 10.4 Å². The number of hydrogen-bond acceptors (Lipinski definition) is 5. The van der Waals surface area contributed by atoms with Gasteiger partial charge >= 0.3 is 5.97 Å². The van der Waals surface area contributed by atoms with Gasteiger partial charge in [0.25, 0.3) is 0 Å². The fourth-order valence-electron chi connectivity index (χ4n) is 3.90. The number of rotatable bonds is 8. The van der Waals surface area contributed by atoms with E-state index in [0.29, 0.717) is 5.56 Å². The molecular weight excluding hydrogens is 558 g/mol. The molecule has 194 valence electrons. The average Bonchev–Trinajstić information content (AvgIpc) is 3.33. The lowest BCUT2D eigenvalue weighted by Gasteiger charge is -2.33. The van der Waals surface area contributed by atoms with Crippen LogP contribution in [0.1, 0.15) is 34.1 Å². The summed E-state index contributed by atoms with van der Waals surface area (Å²) in [6.45, 7) is 1.24. The lowest BCUT2D eigenvalue weighted by molar-refractivity contribution is -0.116. The monoisotopic (exact) mass is 574 g/mol. The van der Waals surface area contributed by atoms with Crippen molar-refractivity contribution >= 4 is 58.1 Å². The van der Waals surface area contributed by atoms with Gasteiger partial charge in [0.15, 0.2) is 11.5 Å². The molecule has 7 nitrogen and oxygen atoms in total. The first-order valence-electron chi connectivity index (χ1n) is 11.0. The molecule has 1 aromatic heterocycles. The number of alkyl halides is 2. The molecule has 11 heteroatoms. The van der Waals surface area contributed by atoms with E-state index in [9.17, 15) is 23.9 Å². The van der Waals surface area contributed by atoms with Crippen molar-refractivity contribution in [3.63, 3.8) is 0 Å². The zero-order valence-corrected chi connectivity index (χ0v) is 21.9. The Morgan fingerprint density at radius 2 is 1.71 bits per heavy atom. The molecule has 0 saturated heterocycles. The summed E-state index contributed by atoms with van der Waals surface area (Å²) in [5.41, 5.74) is 1.25. The molecule has 3 aromatic carbocycles. The van der Waals surface area contributed by atoms with Gasteiger partial charge in [0, 0.05) is 35.4 Å². The smallest absolute Gasteiger partial charge is 0.336 e. The zero-order chi connectivity index (χ0) is 27.6. The van der Waals surface area contributed by atoms with Crippen LogP contribution < -0.4 is 4.90 Å². The fraction of sp³-hybridized carbons (Fsp3) is 0.111. The molecule has 1 heterocycles. The molecule has 0 atom stereocenters. The van der Waals surface area contributed by atoms with Crippen LogP contribution in [0.4, 0.5) is 10.1 Å². The Morgan fingerprint density at radius 1 is 1.03 bits per heavy atom. The summed E-state index contributed by atoms with van der Waals surface area (Å²) < 4.78 is 16.7. The number of aromatic nitrogens is 1. The number of carboxylic acids is 1. The topological polar surface area (TPSA) is 101 Å². The summed E-state index contributed by atoms with van der Waals surface area (Å²) >= 11 is 19.3. The predicted octanol–water partition coefficient (Wildman–Crippen LogP) is 7.26. The van der Waals surface area contributed by atoms with Gasteiger partial charge in [-0.15, -0.1) is 0 Å². The number of Topliss-reactive ketones (excluding diaryl/α,β-unsaturated/α-hetero) is 1. The van der Waals surface area contributed by atoms with Crippen LogP contribution in [0, 0.1) is 5.82 Å². The molecule has 0 spiro atoms. The molecule has 38 heavy (non-hydrogen) atoms. The van der Waals surface area contributed by atoms with Gasteiger partial charge < -0.3 is 9.63 Å². The molecule has 0 aliphatic carbocycles. The summed E-state index contributed by atoms with van der Waals surface area (Å²) in [4.78, 5) is 38.1. The Hall–Kier alpha value is -3.72. The van der Waals surface area contributed by atoms with Crippen LogP contribution in [0.5, 0.6) is 0 Å². The highest BCUT2D eigenvalue weighted by molar-refractivity contribution is 6.52. The van der Waals surface area contributed by atoms with Gasteiger partial charge in [-0.05, 0) is 48.5 Å². The number of anilines is 1. The molecule has 0 saturated carbocycles. The maximum atomic E-state index is 13.2. The molecule has 0 radical (unpaired) electrons. The van der Waals surface area contributed by atoms with Crippen molar-refractivity contribution in [3.05, 3.63) is 94.8 Å². The van der Waals surface area contributed by atoms with Gasteiger partial charge in [-0.3, -0.25) is 14.5 Å². The number of halogens is 4. The summed E-state index contributed by atoms with van der Waals surface area (Å²) in [6, 6.07) is 17.3. The molecule has 1 amide bonds. The third-order valence-corrected chi connectivity index (χ3v) is 6.50. The minimum atomic E-state index is -1.98. The summed E-state index contributed by atoms with van der Waals surface area (Å²) in [7, 11) is 0. The van der Waals surface area contributed by atoms with Crippen LogP contribution in [-0.4, -0.2) is 32.4 Å². The minimum absolute atomic E-state index is 0.0475. The van der Waals surface area contributed by atoms with Crippen LogP contribution in [0.25, 0.3) is 22.6 Å². The fourth-order valence-corrected chi connectivity index (χ4v) is 4.85. The SMILES string of the molecule is CC(=O)N(c1cccc(-c2cc(-c3c(Cl)cccc3C(=O)O)no2)c1)C(Cl)(Cl)CC(=O)c1ccc(F)cc1. The number of aromatic carboxylic acids is 1. The lowest BCUT2D eigenvalue weighted by atomic mass is 10.0. The lowest BCUT2D eigenvalue weighted by Crippen LogP contribution is -2.44. The molecule has 4 rings (SSSR count). The van der Waals surface area contributed by atoms with E-state index in [1.807, 2.05) is 0 Å². The van der Waals surface area contributed by atoms with Crippen LogP contribution in [0.3, 0.4) is 0 Å². The highest BCUT2D eigenvalue weighted by Crippen LogP contribution is 2.38.